The van der Waals surface area contributed by atoms with Gasteiger partial charge in [0.2, 0.25) is 0 Å². The Morgan fingerprint density at radius 2 is 2.21 bits per heavy atom. The van der Waals surface area contributed by atoms with Crippen molar-refractivity contribution in [3.8, 4) is 0 Å². The minimum absolute atomic E-state index is 0.0574. The van der Waals surface area contributed by atoms with E-state index in [1.54, 1.807) is 0 Å². The van der Waals surface area contributed by atoms with Crippen LogP contribution in [-0.2, 0) is 0 Å². The fraction of sp³-hybridized carbons (Fsp3) is 0.778. The molecule has 5 heteroatoms. The van der Waals surface area contributed by atoms with E-state index in [0.717, 1.165) is 31.3 Å². The molecule has 0 saturated carbocycles. The van der Waals surface area contributed by atoms with Crippen molar-refractivity contribution >= 4 is 0 Å². The smallest absolute Gasteiger partial charge is 0.168 e. The van der Waals surface area contributed by atoms with Gasteiger partial charge < -0.3 is 10.6 Å². The third kappa shape index (κ3) is 2.10. The summed E-state index contributed by atoms with van der Waals surface area (Å²) in [6.45, 7) is 5.09. The number of hydrogen-bond donors (Lipinski definition) is 2. The first-order chi connectivity index (χ1) is 6.75. The van der Waals surface area contributed by atoms with E-state index in [2.05, 4.69) is 20.1 Å². The summed E-state index contributed by atoms with van der Waals surface area (Å²) in [5.74, 6) is 1.56. The van der Waals surface area contributed by atoms with Gasteiger partial charge in [0.05, 0.1) is 6.04 Å². The molecular weight excluding hydrogens is 178 g/mol. The predicted octanol–water partition coefficient (Wildman–Crippen LogP) is 0.209. The van der Waals surface area contributed by atoms with Gasteiger partial charge in [0.25, 0.3) is 0 Å². The molecule has 1 saturated heterocycles. The highest BCUT2D eigenvalue weighted by Gasteiger charge is 2.18. The Balaban J connectivity index is 1.91. The van der Waals surface area contributed by atoms with Gasteiger partial charge in [-0.2, -0.15) is 5.10 Å². The fourth-order valence-electron chi connectivity index (χ4n) is 1.85. The highest BCUT2D eigenvalue weighted by molar-refractivity contribution is 4.95. The average molecular weight is 195 g/mol. The number of aromatic nitrogens is 3. The first-order valence-electron chi connectivity index (χ1n) is 5.12. The quantitative estimate of drug-likeness (QED) is 0.723. The lowest BCUT2D eigenvalue weighted by Crippen LogP contribution is -2.30. The van der Waals surface area contributed by atoms with Crippen LogP contribution in [0.15, 0.2) is 0 Å². The van der Waals surface area contributed by atoms with Crippen molar-refractivity contribution in [3.63, 3.8) is 0 Å². The molecule has 0 aliphatic carbocycles. The van der Waals surface area contributed by atoms with Crippen molar-refractivity contribution in [2.75, 3.05) is 19.6 Å². The van der Waals surface area contributed by atoms with E-state index in [1.807, 2.05) is 6.92 Å². The van der Waals surface area contributed by atoms with Gasteiger partial charge >= 0.3 is 0 Å². The molecule has 3 N–H and O–H groups in total. The van der Waals surface area contributed by atoms with E-state index in [9.17, 15) is 0 Å². The summed E-state index contributed by atoms with van der Waals surface area (Å²) in [4.78, 5) is 6.61. The van der Waals surface area contributed by atoms with Crippen molar-refractivity contribution in [2.45, 2.75) is 25.8 Å². The van der Waals surface area contributed by atoms with Gasteiger partial charge in [0, 0.05) is 6.54 Å². The second kappa shape index (κ2) is 4.06. The van der Waals surface area contributed by atoms with Crippen LogP contribution in [-0.4, -0.2) is 39.7 Å². The maximum absolute atomic E-state index is 6.00. The predicted molar refractivity (Wildman–Crippen MR) is 53.7 cm³/mol. The summed E-state index contributed by atoms with van der Waals surface area (Å²) in [7, 11) is 0. The minimum Gasteiger partial charge on any atom is -0.320 e. The summed E-state index contributed by atoms with van der Waals surface area (Å²) >= 11 is 0. The molecule has 5 nitrogen and oxygen atoms in total. The highest BCUT2D eigenvalue weighted by atomic mass is 15.2. The molecule has 0 aromatic carbocycles. The van der Waals surface area contributed by atoms with Crippen LogP contribution in [0, 0.1) is 6.92 Å². The maximum atomic E-state index is 6.00. The van der Waals surface area contributed by atoms with Crippen molar-refractivity contribution < 1.29 is 0 Å². The Labute approximate surface area is 83.7 Å². The number of aryl methyl sites for hydroxylation is 1. The third-order valence-electron chi connectivity index (χ3n) is 2.60. The lowest BCUT2D eigenvalue weighted by atomic mass is 10.3. The second-order valence-electron chi connectivity index (χ2n) is 3.89. The Kier molecular flexibility index (Phi) is 2.79. The Bertz CT molecular complexity index is 289. The maximum Gasteiger partial charge on any atom is 0.168 e. The normalized spacial score (nSPS) is 20.1. The van der Waals surface area contributed by atoms with Gasteiger partial charge in [-0.1, -0.05) is 0 Å². The van der Waals surface area contributed by atoms with E-state index in [0.29, 0.717) is 0 Å². The standard InChI is InChI=1S/C9H17N5/c1-7-11-9(13-12-7)8(10)6-14-4-2-3-5-14/h8H,2-6,10H2,1H3,(H,11,12,13). The monoisotopic (exact) mass is 195 g/mol. The summed E-state index contributed by atoms with van der Waals surface area (Å²) in [6, 6.07) is -0.0574. The summed E-state index contributed by atoms with van der Waals surface area (Å²) < 4.78 is 0. The van der Waals surface area contributed by atoms with Crippen LogP contribution >= 0.6 is 0 Å². The van der Waals surface area contributed by atoms with Gasteiger partial charge in [0.1, 0.15) is 5.82 Å². The van der Waals surface area contributed by atoms with Crippen LogP contribution in [0.25, 0.3) is 0 Å². The molecule has 2 rings (SSSR count). The molecule has 1 atom stereocenters. The van der Waals surface area contributed by atoms with E-state index < -0.39 is 0 Å². The molecule has 2 heterocycles. The van der Waals surface area contributed by atoms with Gasteiger partial charge in [0.15, 0.2) is 5.82 Å². The molecule has 0 radical (unpaired) electrons. The largest absolute Gasteiger partial charge is 0.320 e. The molecule has 14 heavy (non-hydrogen) atoms. The van der Waals surface area contributed by atoms with Gasteiger partial charge in [-0.25, -0.2) is 4.98 Å². The molecule has 1 aromatic rings. The highest BCUT2D eigenvalue weighted by Crippen LogP contribution is 2.12. The number of rotatable bonds is 3. The molecular formula is C9H17N5. The topological polar surface area (TPSA) is 70.8 Å². The number of aromatic amines is 1. The van der Waals surface area contributed by atoms with Crippen LogP contribution in [0.5, 0.6) is 0 Å². The van der Waals surface area contributed by atoms with E-state index >= 15 is 0 Å². The summed E-state index contributed by atoms with van der Waals surface area (Å²) in [5, 5.41) is 6.88. The number of nitrogens with zero attached hydrogens (tertiary/aromatic N) is 3. The zero-order valence-electron chi connectivity index (χ0n) is 8.53. The van der Waals surface area contributed by atoms with Crippen LogP contribution < -0.4 is 5.73 Å². The molecule has 1 aromatic heterocycles. The number of likely N-dealkylation sites (tertiary alicyclic amines) is 1. The number of hydrogen-bond acceptors (Lipinski definition) is 4. The molecule has 0 amide bonds. The average Bonchev–Trinajstić information content (AvgIpc) is 2.75. The lowest BCUT2D eigenvalue weighted by molar-refractivity contribution is 0.312. The fourth-order valence-corrected chi connectivity index (χ4v) is 1.85. The number of H-pyrrole nitrogens is 1. The van der Waals surface area contributed by atoms with Gasteiger partial charge in [-0.3, -0.25) is 5.10 Å². The van der Waals surface area contributed by atoms with Crippen LogP contribution in [0.3, 0.4) is 0 Å². The Morgan fingerprint density at radius 1 is 1.50 bits per heavy atom. The zero-order chi connectivity index (χ0) is 9.97. The molecule has 1 unspecified atom stereocenters. The van der Waals surface area contributed by atoms with Crippen molar-refractivity contribution in [2.24, 2.45) is 5.73 Å². The van der Waals surface area contributed by atoms with Crippen LogP contribution in [0.4, 0.5) is 0 Å². The Morgan fingerprint density at radius 3 is 2.79 bits per heavy atom. The summed E-state index contributed by atoms with van der Waals surface area (Å²) in [5.41, 5.74) is 6.00. The molecule has 0 spiro atoms. The Hall–Kier alpha value is -0.940. The first kappa shape index (κ1) is 9.61. The third-order valence-corrected chi connectivity index (χ3v) is 2.60. The van der Waals surface area contributed by atoms with Crippen LogP contribution in [0.1, 0.15) is 30.5 Å². The van der Waals surface area contributed by atoms with E-state index in [4.69, 9.17) is 5.73 Å². The number of nitrogens with two attached hydrogens (primary N) is 1. The SMILES string of the molecule is Cc1nc(C(N)CN2CCCC2)n[nH]1. The van der Waals surface area contributed by atoms with Crippen molar-refractivity contribution in [1.82, 2.24) is 20.1 Å². The van der Waals surface area contributed by atoms with Crippen molar-refractivity contribution in [3.05, 3.63) is 11.6 Å². The van der Waals surface area contributed by atoms with E-state index in [-0.39, 0.29) is 6.04 Å². The molecule has 1 fully saturated rings. The van der Waals surface area contributed by atoms with E-state index in [1.165, 1.54) is 12.8 Å². The lowest BCUT2D eigenvalue weighted by Gasteiger charge is -2.17. The molecule has 0 bridgehead atoms. The van der Waals surface area contributed by atoms with Gasteiger partial charge in [-0.05, 0) is 32.9 Å². The van der Waals surface area contributed by atoms with Gasteiger partial charge in [-0.15, -0.1) is 0 Å². The summed E-state index contributed by atoms with van der Waals surface area (Å²) in [6.07, 6.45) is 2.58. The molecule has 78 valence electrons. The zero-order valence-corrected chi connectivity index (χ0v) is 8.53. The minimum atomic E-state index is -0.0574. The number of nitrogens with one attached hydrogen (secondary N) is 1. The van der Waals surface area contributed by atoms with Crippen molar-refractivity contribution in [1.29, 1.82) is 0 Å². The van der Waals surface area contributed by atoms with Crippen LogP contribution in [0.2, 0.25) is 0 Å². The molecule has 1 aliphatic heterocycles. The second-order valence-corrected chi connectivity index (χ2v) is 3.89. The molecule has 1 aliphatic rings. The first-order valence-corrected chi connectivity index (χ1v) is 5.12.